The molecule has 0 bridgehead atoms. The fraction of sp³-hybridized carbons (Fsp3) is 0.300. The summed E-state index contributed by atoms with van der Waals surface area (Å²) in [5.74, 6) is -0.329. The summed E-state index contributed by atoms with van der Waals surface area (Å²) in [6, 6.07) is 9.85. The molecule has 192 valence electrons. The van der Waals surface area contributed by atoms with Crippen LogP contribution < -0.4 is 10.2 Å². The Kier molecular flexibility index (Phi) is 6.84. The van der Waals surface area contributed by atoms with Crippen molar-refractivity contribution in [3.05, 3.63) is 60.2 Å². The highest BCUT2D eigenvalue weighted by molar-refractivity contribution is 6.71. The molecule has 1 fully saturated rings. The highest BCUT2D eigenvalue weighted by atomic mass is 19.4. The van der Waals surface area contributed by atoms with Crippen LogP contribution in [0.4, 0.5) is 34.9 Å². The van der Waals surface area contributed by atoms with E-state index < -0.39 is 28.2 Å². The number of piperidine rings is 1. The van der Waals surface area contributed by atoms with Crippen molar-refractivity contribution in [2.45, 2.75) is 32.5 Å². The Morgan fingerprint density at radius 2 is 1.33 bits per heavy atom. The molecule has 1 aromatic heterocycles. The van der Waals surface area contributed by atoms with Gasteiger partial charge in [-0.3, -0.25) is 0 Å². The summed E-state index contributed by atoms with van der Waals surface area (Å²) in [6.45, 7) is 0. The molecule has 0 unspecified atom stereocenters. The van der Waals surface area contributed by atoms with Crippen molar-refractivity contribution < 1.29 is 17.6 Å². The van der Waals surface area contributed by atoms with Gasteiger partial charge in [-0.25, -0.2) is 9.07 Å². The largest absolute Gasteiger partial charge is 0.416 e. The maximum atomic E-state index is 14.2. The van der Waals surface area contributed by atoms with Crippen LogP contribution in [0.1, 0.15) is 5.56 Å². The Bertz CT molecular complexity index is 1380. The first kappa shape index (κ1) is 29.5. The third kappa shape index (κ3) is 4.48. The summed E-state index contributed by atoms with van der Waals surface area (Å²) in [5.41, 5.74) is 0.357. The Morgan fingerprint density at radius 3 is 1.87 bits per heavy atom. The number of nitrogens with one attached hydrogen (secondary N) is 1. The van der Waals surface area contributed by atoms with E-state index in [1.54, 1.807) is 18.2 Å². The van der Waals surface area contributed by atoms with Gasteiger partial charge in [0.25, 0.3) is 0 Å². The molecule has 4 rings (SSSR count). The summed E-state index contributed by atoms with van der Waals surface area (Å²) in [7, 11) is 21.8. The normalized spacial score (nSPS) is 20.8. The number of rotatable bonds is 4. The molecule has 0 spiro atoms. The fourth-order valence-electron chi connectivity index (χ4n) is 6.38. The lowest BCUT2D eigenvalue weighted by atomic mass is 9.05. The maximum absolute atomic E-state index is 14.2. The SMILES string of the molecule is BC1(B)N(c2cc(Nc3ncn(-c4cccc(F)c4)n3)cc(C(F)(F)F)c2)C(B)(B)C(B)(B)C(B)(B)C1(B)B. The van der Waals surface area contributed by atoms with Crippen LogP contribution in [-0.4, -0.2) is 104 Å². The quantitative estimate of drug-likeness (QED) is 0.275. The van der Waals surface area contributed by atoms with Gasteiger partial charge in [0.05, 0.1) is 58.3 Å². The predicted molar refractivity (Wildman–Crippen MR) is 178 cm³/mol. The highest BCUT2D eigenvalue weighted by Gasteiger charge is 2.65. The van der Waals surface area contributed by atoms with E-state index >= 15 is 0 Å². The second-order valence-corrected chi connectivity index (χ2v) is 13.2. The van der Waals surface area contributed by atoms with Crippen molar-refractivity contribution in [2.24, 2.45) is 0 Å². The Balaban J connectivity index is 1.84. The van der Waals surface area contributed by atoms with E-state index in [0.717, 1.165) is 6.07 Å². The maximum Gasteiger partial charge on any atom is 0.416 e. The third-order valence-electron chi connectivity index (χ3n) is 10.6. The van der Waals surface area contributed by atoms with Gasteiger partial charge < -0.3 is 10.2 Å². The van der Waals surface area contributed by atoms with Crippen molar-refractivity contribution in [1.29, 1.82) is 0 Å². The fourth-order valence-corrected chi connectivity index (χ4v) is 6.38. The van der Waals surface area contributed by atoms with E-state index in [1.807, 2.05) is 0 Å². The molecular weight excluding hydrogens is 494 g/mol. The van der Waals surface area contributed by atoms with Crippen molar-refractivity contribution in [3.63, 3.8) is 0 Å². The minimum atomic E-state index is -4.56. The van der Waals surface area contributed by atoms with Crippen LogP contribution in [0.2, 0.25) is 15.6 Å². The van der Waals surface area contributed by atoms with Crippen molar-refractivity contribution >= 4 is 95.8 Å². The zero-order valence-electron chi connectivity index (χ0n) is 24.4. The number of halogens is 4. The third-order valence-corrected chi connectivity index (χ3v) is 10.6. The lowest BCUT2D eigenvalue weighted by Crippen LogP contribution is -2.81. The van der Waals surface area contributed by atoms with Gasteiger partial charge in [0.2, 0.25) is 5.95 Å². The number of hydrogen-bond donors (Lipinski definition) is 1. The van der Waals surface area contributed by atoms with Gasteiger partial charge in [0.15, 0.2) is 0 Å². The van der Waals surface area contributed by atoms with Crippen LogP contribution >= 0.6 is 0 Å². The minimum absolute atomic E-state index is 0.100. The van der Waals surface area contributed by atoms with E-state index in [2.05, 4.69) is 98.8 Å². The molecule has 0 saturated carbocycles. The molecule has 19 heteroatoms. The van der Waals surface area contributed by atoms with Gasteiger partial charge in [-0.05, 0) is 47.1 Å². The molecule has 0 amide bonds. The Labute approximate surface area is 236 Å². The van der Waals surface area contributed by atoms with Gasteiger partial charge >= 0.3 is 6.18 Å². The lowest BCUT2D eigenvalue weighted by Gasteiger charge is -2.77. The summed E-state index contributed by atoms with van der Waals surface area (Å²) in [6.07, 6.45) is -3.18. The van der Waals surface area contributed by atoms with Crippen molar-refractivity contribution in [2.75, 3.05) is 10.2 Å². The molecule has 2 heterocycles. The van der Waals surface area contributed by atoms with Gasteiger partial charge in [-0.1, -0.05) is 21.7 Å². The molecule has 2 aromatic carbocycles. The average Bonchev–Trinajstić information content (AvgIpc) is 3.25. The van der Waals surface area contributed by atoms with Crippen LogP contribution in [0.25, 0.3) is 5.69 Å². The summed E-state index contributed by atoms with van der Waals surface area (Å²) >= 11 is 0. The van der Waals surface area contributed by atoms with Crippen LogP contribution in [0.15, 0.2) is 48.8 Å². The van der Waals surface area contributed by atoms with E-state index in [9.17, 15) is 17.6 Å². The molecule has 0 atom stereocenters. The minimum Gasteiger partial charge on any atom is -0.394 e. The molecule has 1 saturated heterocycles. The number of alkyl halides is 3. The molecule has 1 aliphatic heterocycles. The van der Waals surface area contributed by atoms with E-state index in [4.69, 9.17) is 0 Å². The number of anilines is 3. The monoisotopic (exact) mass is 525 g/mol. The smallest absolute Gasteiger partial charge is 0.394 e. The second-order valence-electron chi connectivity index (χ2n) is 13.2. The molecule has 0 radical (unpaired) electrons. The molecule has 5 nitrogen and oxygen atoms in total. The summed E-state index contributed by atoms with van der Waals surface area (Å²) in [4.78, 5) is 6.35. The standard InChI is InChI=1S/C20H29B10F4N5/c21-16(22)17(23,24)19(27,28)39(20(29,30)18(16,25)26)13-5-9(15(32,33)34)4-11(7-13)36-14-35-8-38(37-14)12-3-1-2-10(31)6-12/h1-8H,21-30H2,(H,36,37). The van der Waals surface area contributed by atoms with Gasteiger partial charge in [0, 0.05) is 11.4 Å². The number of hydrogen-bond acceptors (Lipinski definition) is 4. The summed E-state index contributed by atoms with van der Waals surface area (Å²) < 4.78 is 57.7. The highest BCUT2D eigenvalue weighted by Crippen LogP contribution is 2.69. The molecule has 0 aliphatic carbocycles. The number of benzene rings is 2. The molecule has 1 N–H and O–H groups in total. The molecule has 39 heavy (non-hydrogen) atoms. The van der Waals surface area contributed by atoms with E-state index in [1.165, 1.54) is 29.2 Å². The first-order valence-corrected chi connectivity index (χ1v) is 13.1. The van der Waals surface area contributed by atoms with Gasteiger partial charge in [-0.15, -0.1) is 5.10 Å². The average molecular weight is 524 g/mol. The van der Waals surface area contributed by atoms with Crippen molar-refractivity contribution in [1.82, 2.24) is 14.8 Å². The lowest BCUT2D eigenvalue weighted by molar-refractivity contribution is -0.137. The van der Waals surface area contributed by atoms with Crippen LogP contribution in [0, 0.1) is 5.82 Å². The predicted octanol–water partition coefficient (Wildman–Crippen LogP) is -5.02. The first-order valence-electron chi connectivity index (χ1n) is 13.1. The van der Waals surface area contributed by atoms with E-state index in [-0.39, 0.29) is 27.3 Å². The van der Waals surface area contributed by atoms with Crippen LogP contribution in [0.3, 0.4) is 0 Å². The van der Waals surface area contributed by atoms with Gasteiger partial charge in [-0.2, -0.15) is 18.2 Å². The number of aromatic nitrogens is 3. The van der Waals surface area contributed by atoms with Gasteiger partial charge in [0.1, 0.15) is 43.5 Å². The first-order chi connectivity index (χ1) is 17.6. The van der Waals surface area contributed by atoms with E-state index in [0.29, 0.717) is 11.4 Å². The zero-order valence-corrected chi connectivity index (χ0v) is 24.4. The second kappa shape index (κ2) is 9.03. The number of nitrogens with zero attached hydrogens (tertiary/aromatic N) is 4. The van der Waals surface area contributed by atoms with Crippen LogP contribution in [-0.2, 0) is 6.18 Å². The topological polar surface area (TPSA) is 46.0 Å². The molecule has 1 aliphatic rings. The van der Waals surface area contributed by atoms with Crippen molar-refractivity contribution in [3.8, 4) is 5.69 Å². The molecule has 3 aromatic rings. The van der Waals surface area contributed by atoms with Crippen LogP contribution in [0.5, 0.6) is 0 Å². The Hall–Kier alpha value is -2.45. The molecular formula is C20H29B10F4N5. The summed E-state index contributed by atoms with van der Waals surface area (Å²) in [5, 5.41) is 5.49. The zero-order chi connectivity index (χ0) is 29.4. The Morgan fingerprint density at radius 1 is 0.744 bits per heavy atom.